The lowest BCUT2D eigenvalue weighted by Gasteiger charge is -2.46. The van der Waals surface area contributed by atoms with Crippen LogP contribution in [0, 0.1) is 11.8 Å². The van der Waals surface area contributed by atoms with Crippen molar-refractivity contribution in [3.63, 3.8) is 0 Å². The minimum atomic E-state index is 0.622. The van der Waals surface area contributed by atoms with E-state index in [1.807, 2.05) is 0 Å². The van der Waals surface area contributed by atoms with Gasteiger partial charge in [0.1, 0.15) is 0 Å². The molecule has 2 atom stereocenters. The summed E-state index contributed by atoms with van der Waals surface area (Å²) in [5.41, 5.74) is 6.01. The number of nitrogens with two attached hydrogens (primary N) is 1. The van der Waals surface area contributed by atoms with Crippen molar-refractivity contribution in [1.82, 2.24) is 4.90 Å². The van der Waals surface area contributed by atoms with Crippen LogP contribution in [0.2, 0.25) is 0 Å². The Hall–Kier alpha value is -0.0800. The first-order chi connectivity index (χ1) is 8.45. The summed E-state index contributed by atoms with van der Waals surface area (Å²) < 4.78 is 0. The molecule has 0 radical (unpaired) electrons. The normalized spacial score (nSPS) is 26.5. The maximum atomic E-state index is 6.01. The molecule has 0 amide bonds. The molecule has 1 rings (SSSR count). The zero-order chi connectivity index (χ0) is 13.7. The molecule has 2 unspecified atom stereocenters. The second-order valence-electron chi connectivity index (χ2n) is 7.03. The number of nitrogens with zero attached hydrogens (tertiary/aromatic N) is 1. The Morgan fingerprint density at radius 1 is 1.06 bits per heavy atom. The molecular weight excluding hydrogens is 220 g/mol. The van der Waals surface area contributed by atoms with Gasteiger partial charge in [-0.2, -0.15) is 0 Å². The first kappa shape index (κ1) is 16.0. The number of rotatable bonds is 6. The largest absolute Gasteiger partial charge is 0.329 e. The van der Waals surface area contributed by atoms with Crippen molar-refractivity contribution in [3.05, 3.63) is 0 Å². The lowest BCUT2D eigenvalue weighted by Crippen LogP contribution is -2.54. The predicted octanol–water partition coefficient (Wildman–Crippen LogP) is 3.65. The van der Waals surface area contributed by atoms with Gasteiger partial charge < -0.3 is 5.73 Å². The van der Waals surface area contributed by atoms with Crippen molar-refractivity contribution in [2.24, 2.45) is 17.6 Å². The quantitative estimate of drug-likeness (QED) is 0.784. The molecule has 0 bridgehead atoms. The molecule has 1 fully saturated rings. The Kier molecular flexibility index (Phi) is 6.65. The second kappa shape index (κ2) is 7.49. The highest BCUT2D eigenvalue weighted by Crippen LogP contribution is 2.30. The molecule has 0 aromatic heterocycles. The fourth-order valence-corrected chi connectivity index (χ4v) is 3.63. The van der Waals surface area contributed by atoms with E-state index in [1.54, 1.807) is 0 Å². The Balaban J connectivity index is 2.77. The van der Waals surface area contributed by atoms with Gasteiger partial charge in [0.05, 0.1) is 0 Å². The Labute approximate surface area is 114 Å². The molecule has 2 N–H and O–H groups in total. The van der Waals surface area contributed by atoms with Crippen LogP contribution in [0.5, 0.6) is 0 Å². The van der Waals surface area contributed by atoms with Crippen molar-refractivity contribution in [3.8, 4) is 0 Å². The molecule has 1 aliphatic heterocycles. The van der Waals surface area contributed by atoms with Gasteiger partial charge in [0.2, 0.25) is 0 Å². The zero-order valence-corrected chi connectivity index (χ0v) is 13.2. The van der Waals surface area contributed by atoms with Crippen molar-refractivity contribution >= 4 is 0 Å². The monoisotopic (exact) mass is 254 g/mol. The van der Waals surface area contributed by atoms with Crippen LogP contribution in [-0.4, -0.2) is 29.6 Å². The number of piperidine rings is 1. The van der Waals surface area contributed by atoms with E-state index in [0.29, 0.717) is 6.04 Å². The summed E-state index contributed by atoms with van der Waals surface area (Å²) in [7, 11) is 0. The standard InChI is InChI=1S/C16H34N2/c1-12(2)9-16(10-13(3)4)18-14(5)7-6-8-15(18)11-17/h12-16H,6-11,17H2,1-5H3. The maximum Gasteiger partial charge on any atom is 0.0224 e. The van der Waals surface area contributed by atoms with E-state index < -0.39 is 0 Å². The van der Waals surface area contributed by atoms with E-state index in [1.165, 1.54) is 32.1 Å². The minimum Gasteiger partial charge on any atom is -0.329 e. The van der Waals surface area contributed by atoms with Gasteiger partial charge in [-0.15, -0.1) is 0 Å². The van der Waals surface area contributed by atoms with Crippen LogP contribution in [0.15, 0.2) is 0 Å². The molecule has 0 saturated carbocycles. The van der Waals surface area contributed by atoms with Gasteiger partial charge >= 0.3 is 0 Å². The van der Waals surface area contributed by atoms with Gasteiger partial charge in [0, 0.05) is 24.7 Å². The molecule has 1 heterocycles. The van der Waals surface area contributed by atoms with Gasteiger partial charge in [-0.25, -0.2) is 0 Å². The van der Waals surface area contributed by atoms with Crippen LogP contribution >= 0.6 is 0 Å². The molecule has 1 saturated heterocycles. The number of likely N-dealkylation sites (tertiary alicyclic amines) is 1. The van der Waals surface area contributed by atoms with E-state index >= 15 is 0 Å². The SMILES string of the molecule is CC(C)CC(CC(C)C)N1C(C)CCCC1CN. The smallest absolute Gasteiger partial charge is 0.0224 e. The Bertz CT molecular complexity index is 215. The van der Waals surface area contributed by atoms with Crippen LogP contribution in [0.1, 0.15) is 66.7 Å². The Morgan fingerprint density at radius 3 is 2.06 bits per heavy atom. The lowest BCUT2D eigenvalue weighted by molar-refractivity contribution is 0.0311. The number of hydrogen-bond donors (Lipinski definition) is 1. The summed E-state index contributed by atoms with van der Waals surface area (Å²) in [5.74, 6) is 1.56. The summed E-state index contributed by atoms with van der Waals surface area (Å²) in [5, 5.41) is 0. The van der Waals surface area contributed by atoms with Gasteiger partial charge in [0.25, 0.3) is 0 Å². The average molecular weight is 254 g/mol. The molecule has 2 heteroatoms. The highest BCUT2D eigenvalue weighted by atomic mass is 15.2. The van der Waals surface area contributed by atoms with Gasteiger partial charge in [-0.1, -0.05) is 34.1 Å². The first-order valence-electron chi connectivity index (χ1n) is 7.93. The highest BCUT2D eigenvalue weighted by molar-refractivity contribution is 4.88. The fourth-order valence-electron chi connectivity index (χ4n) is 3.63. The molecule has 108 valence electrons. The van der Waals surface area contributed by atoms with Crippen LogP contribution < -0.4 is 5.73 Å². The van der Waals surface area contributed by atoms with Gasteiger partial charge in [-0.05, 0) is 44.4 Å². The van der Waals surface area contributed by atoms with Crippen molar-refractivity contribution in [2.45, 2.75) is 84.8 Å². The summed E-state index contributed by atoms with van der Waals surface area (Å²) in [6, 6.07) is 2.07. The summed E-state index contributed by atoms with van der Waals surface area (Å²) >= 11 is 0. The second-order valence-corrected chi connectivity index (χ2v) is 7.03. The van der Waals surface area contributed by atoms with Crippen molar-refractivity contribution in [1.29, 1.82) is 0 Å². The van der Waals surface area contributed by atoms with E-state index in [-0.39, 0.29) is 0 Å². The van der Waals surface area contributed by atoms with Crippen LogP contribution in [0.25, 0.3) is 0 Å². The Morgan fingerprint density at radius 2 is 1.61 bits per heavy atom. The lowest BCUT2D eigenvalue weighted by atomic mass is 9.88. The molecule has 0 aliphatic carbocycles. The molecule has 0 spiro atoms. The summed E-state index contributed by atoms with van der Waals surface area (Å²) in [6.45, 7) is 12.6. The molecule has 18 heavy (non-hydrogen) atoms. The minimum absolute atomic E-state index is 0.622. The van der Waals surface area contributed by atoms with Gasteiger partial charge in [0.15, 0.2) is 0 Å². The van der Waals surface area contributed by atoms with E-state index in [4.69, 9.17) is 5.73 Å². The van der Waals surface area contributed by atoms with E-state index in [2.05, 4.69) is 39.5 Å². The third-order valence-corrected chi connectivity index (χ3v) is 4.27. The third kappa shape index (κ3) is 4.55. The van der Waals surface area contributed by atoms with E-state index in [0.717, 1.165) is 30.5 Å². The zero-order valence-electron chi connectivity index (χ0n) is 13.2. The molecule has 0 aromatic carbocycles. The first-order valence-corrected chi connectivity index (χ1v) is 7.93. The third-order valence-electron chi connectivity index (χ3n) is 4.27. The van der Waals surface area contributed by atoms with Crippen LogP contribution in [0.4, 0.5) is 0 Å². The maximum absolute atomic E-state index is 6.01. The molecule has 2 nitrogen and oxygen atoms in total. The number of hydrogen-bond acceptors (Lipinski definition) is 2. The summed E-state index contributed by atoms with van der Waals surface area (Å²) in [4.78, 5) is 2.77. The van der Waals surface area contributed by atoms with E-state index in [9.17, 15) is 0 Å². The highest BCUT2D eigenvalue weighted by Gasteiger charge is 2.33. The molecule has 1 aliphatic rings. The molecular formula is C16H34N2. The van der Waals surface area contributed by atoms with Gasteiger partial charge in [-0.3, -0.25) is 4.90 Å². The van der Waals surface area contributed by atoms with Crippen molar-refractivity contribution < 1.29 is 0 Å². The van der Waals surface area contributed by atoms with Crippen LogP contribution in [0.3, 0.4) is 0 Å². The fraction of sp³-hybridized carbons (Fsp3) is 1.00. The topological polar surface area (TPSA) is 29.3 Å². The van der Waals surface area contributed by atoms with Crippen LogP contribution in [-0.2, 0) is 0 Å². The predicted molar refractivity (Wildman–Crippen MR) is 80.7 cm³/mol. The van der Waals surface area contributed by atoms with Crippen molar-refractivity contribution in [2.75, 3.05) is 6.54 Å². The summed E-state index contributed by atoms with van der Waals surface area (Å²) in [6.07, 6.45) is 6.64. The average Bonchev–Trinajstić information content (AvgIpc) is 2.26. The molecule has 0 aromatic rings.